The lowest BCUT2D eigenvalue weighted by molar-refractivity contribution is 0.515. The predicted molar refractivity (Wildman–Crippen MR) is 87.0 cm³/mol. The lowest BCUT2D eigenvalue weighted by atomic mass is 10.0. The molecule has 116 valence electrons. The van der Waals surface area contributed by atoms with Crippen LogP contribution < -0.4 is 5.73 Å². The molecule has 2 N–H and O–H groups in total. The highest BCUT2D eigenvalue weighted by molar-refractivity contribution is 6.31. The van der Waals surface area contributed by atoms with Gasteiger partial charge in [0.25, 0.3) is 0 Å². The molecule has 3 nitrogen and oxygen atoms in total. The van der Waals surface area contributed by atoms with Gasteiger partial charge in [0.1, 0.15) is 0 Å². The van der Waals surface area contributed by atoms with Crippen LogP contribution >= 0.6 is 11.6 Å². The Morgan fingerprint density at radius 3 is 2.15 bits per heavy atom. The van der Waals surface area contributed by atoms with E-state index in [0.29, 0.717) is 5.02 Å². The molecule has 1 aromatic rings. The first kappa shape index (κ1) is 17.5. The largest absolute Gasteiger partial charge is 0.323 e. The maximum Gasteiger partial charge on any atom is 0.0833 e. The fourth-order valence-corrected chi connectivity index (χ4v) is 2.96. The topological polar surface area (TPSA) is 43.8 Å². The number of unbranched alkanes of at least 4 members (excludes halogenated alkanes) is 8. The van der Waals surface area contributed by atoms with E-state index >= 15 is 0 Å². The van der Waals surface area contributed by atoms with Crippen molar-refractivity contribution < 1.29 is 0 Å². The summed E-state index contributed by atoms with van der Waals surface area (Å²) in [4.78, 5) is 0. The van der Waals surface area contributed by atoms with Gasteiger partial charge in [-0.1, -0.05) is 76.3 Å². The Bertz CT molecular complexity index is 343. The molecule has 0 aliphatic heterocycles. The third-order valence-electron chi connectivity index (χ3n) is 3.91. The number of aromatic nitrogens is 2. The average Bonchev–Trinajstić information content (AvgIpc) is 2.76. The van der Waals surface area contributed by atoms with E-state index in [0.717, 1.165) is 12.1 Å². The summed E-state index contributed by atoms with van der Waals surface area (Å²) in [7, 11) is 1.90. The van der Waals surface area contributed by atoms with Crippen molar-refractivity contribution in [2.75, 3.05) is 0 Å². The molecule has 1 unspecified atom stereocenters. The van der Waals surface area contributed by atoms with E-state index in [-0.39, 0.29) is 6.04 Å². The van der Waals surface area contributed by atoms with Gasteiger partial charge in [-0.3, -0.25) is 4.68 Å². The number of hydrogen-bond acceptors (Lipinski definition) is 2. The molecular weight excluding hydrogens is 270 g/mol. The van der Waals surface area contributed by atoms with Crippen molar-refractivity contribution in [1.29, 1.82) is 0 Å². The van der Waals surface area contributed by atoms with Crippen LogP contribution in [0.4, 0.5) is 0 Å². The van der Waals surface area contributed by atoms with Gasteiger partial charge < -0.3 is 5.73 Å². The second-order valence-electron chi connectivity index (χ2n) is 5.72. The minimum absolute atomic E-state index is 0.0135. The highest BCUT2D eigenvalue weighted by Gasteiger charge is 2.14. The zero-order valence-electron chi connectivity index (χ0n) is 13.1. The maximum absolute atomic E-state index is 6.19. The standard InChI is InChI=1S/C16H30ClN3/c1-3-4-5-6-7-8-9-10-11-12-15(18)16-14(17)13-19-20(16)2/h13,15H,3-12,18H2,1-2H3. The molecule has 0 amide bonds. The normalized spacial score (nSPS) is 12.8. The quantitative estimate of drug-likeness (QED) is 0.585. The van der Waals surface area contributed by atoms with Crippen LogP contribution in [-0.2, 0) is 7.05 Å². The van der Waals surface area contributed by atoms with Gasteiger partial charge in [-0.25, -0.2) is 0 Å². The van der Waals surface area contributed by atoms with Crippen LogP contribution in [0.25, 0.3) is 0 Å². The molecule has 0 aromatic carbocycles. The van der Waals surface area contributed by atoms with Crippen molar-refractivity contribution in [3.8, 4) is 0 Å². The zero-order valence-corrected chi connectivity index (χ0v) is 13.8. The molecule has 0 bridgehead atoms. The van der Waals surface area contributed by atoms with Crippen molar-refractivity contribution in [2.24, 2.45) is 12.8 Å². The molecule has 1 heterocycles. The van der Waals surface area contributed by atoms with Crippen molar-refractivity contribution >= 4 is 11.6 Å². The second-order valence-corrected chi connectivity index (χ2v) is 6.13. The lowest BCUT2D eigenvalue weighted by Gasteiger charge is -2.12. The number of rotatable bonds is 11. The molecule has 4 heteroatoms. The van der Waals surface area contributed by atoms with E-state index in [2.05, 4.69) is 12.0 Å². The SMILES string of the molecule is CCCCCCCCCCCC(N)c1c(Cl)cnn1C. The Balaban J connectivity index is 2.04. The average molecular weight is 300 g/mol. The fraction of sp³-hybridized carbons (Fsp3) is 0.812. The van der Waals surface area contributed by atoms with E-state index in [1.54, 1.807) is 10.9 Å². The summed E-state index contributed by atoms with van der Waals surface area (Å²) in [6.07, 6.45) is 14.7. The second kappa shape index (κ2) is 10.2. The summed E-state index contributed by atoms with van der Waals surface area (Å²) >= 11 is 6.10. The van der Waals surface area contributed by atoms with Gasteiger partial charge in [0, 0.05) is 13.1 Å². The molecule has 0 radical (unpaired) electrons. The molecule has 0 aliphatic carbocycles. The van der Waals surface area contributed by atoms with Crippen molar-refractivity contribution in [3.05, 3.63) is 16.9 Å². The van der Waals surface area contributed by atoms with Crippen molar-refractivity contribution in [3.63, 3.8) is 0 Å². The number of halogens is 1. The number of nitrogens with zero attached hydrogens (tertiary/aromatic N) is 2. The van der Waals surface area contributed by atoms with Gasteiger partial charge in [-0.15, -0.1) is 0 Å². The molecule has 0 saturated heterocycles. The molecule has 1 rings (SSSR count). The highest BCUT2D eigenvalue weighted by atomic mass is 35.5. The van der Waals surface area contributed by atoms with E-state index < -0.39 is 0 Å². The van der Waals surface area contributed by atoms with Crippen molar-refractivity contribution in [2.45, 2.75) is 77.2 Å². The Kier molecular flexibility index (Phi) is 8.95. The Hall–Kier alpha value is -0.540. The lowest BCUT2D eigenvalue weighted by Crippen LogP contribution is -2.15. The monoisotopic (exact) mass is 299 g/mol. The molecule has 0 fully saturated rings. The Morgan fingerprint density at radius 2 is 1.65 bits per heavy atom. The van der Waals surface area contributed by atoms with Gasteiger partial charge in [0.2, 0.25) is 0 Å². The van der Waals surface area contributed by atoms with Crippen molar-refractivity contribution in [1.82, 2.24) is 9.78 Å². The minimum atomic E-state index is 0.0135. The summed E-state index contributed by atoms with van der Waals surface area (Å²) < 4.78 is 1.79. The third kappa shape index (κ3) is 6.27. The predicted octanol–water partition coefficient (Wildman–Crippen LogP) is 4.99. The minimum Gasteiger partial charge on any atom is -0.323 e. The third-order valence-corrected chi connectivity index (χ3v) is 4.20. The summed E-state index contributed by atoms with van der Waals surface area (Å²) in [6.45, 7) is 2.26. The molecule has 1 aromatic heterocycles. The Morgan fingerprint density at radius 1 is 1.10 bits per heavy atom. The summed E-state index contributed by atoms with van der Waals surface area (Å²) in [5.41, 5.74) is 7.16. The van der Waals surface area contributed by atoms with E-state index in [4.69, 9.17) is 17.3 Å². The first-order valence-electron chi connectivity index (χ1n) is 8.09. The van der Waals surface area contributed by atoms with Crippen LogP contribution in [0, 0.1) is 0 Å². The van der Waals surface area contributed by atoms with Gasteiger partial charge in [-0.05, 0) is 6.42 Å². The van der Waals surface area contributed by atoms with Crippen LogP contribution in [0.3, 0.4) is 0 Å². The Labute approximate surface area is 128 Å². The number of nitrogens with two attached hydrogens (primary N) is 1. The fourth-order valence-electron chi connectivity index (χ4n) is 2.65. The molecule has 0 saturated carbocycles. The van der Waals surface area contributed by atoms with Crippen LogP contribution in [-0.4, -0.2) is 9.78 Å². The van der Waals surface area contributed by atoms with Gasteiger partial charge >= 0.3 is 0 Å². The van der Waals surface area contributed by atoms with E-state index in [1.165, 1.54) is 57.8 Å². The summed E-state index contributed by atoms with van der Waals surface area (Å²) in [6, 6.07) is 0.0135. The molecule has 20 heavy (non-hydrogen) atoms. The summed E-state index contributed by atoms with van der Waals surface area (Å²) in [5.74, 6) is 0. The van der Waals surface area contributed by atoms with Gasteiger partial charge in [0.05, 0.1) is 16.9 Å². The van der Waals surface area contributed by atoms with Gasteiger partial charge in [0.15, 0.2) is 0 Å². The molecule has 0 aliphatic rings. The van der Waals surface area contributed by atoms with Crippen LogP contribution in [0.15, 0.2) is 6.20 Å². The number of hydrogen-bond donors (Lipinski definition) is 1. The molecular formula is C16H30ClN3. The number of aryl methyl sites for hydroxylation is 1. The smallest absolute Gasteiger partial charge is 0.0833 e. The molecule has 0 spiro atoms. The zero-order chi connectivity index (χ0) is 14.8. The maximum atomic E-state index is 6.19. The van der Waals surface area contributed by atoms with Gasteiger partial charge in [-0.2, -0.15) is 5.10 Å². The van der Waals surface area contributed by atoms with Crippen LogP contribution in [0.2, 0.25) is 5.02 Å². The highest BCUT2D eigenvalue weighted by Crippen LogP contribution is 2.24. The molecule has 1 atom stereocenters. The van der Waals surface area contributed by atoms with E-state index in [1.807, 2.05) is 7.05 Å². The summed E-state index contributed by atoms with van der Waals surface area (Å²) in [5, 5.41) is 4.83. The first-order chi connectivity index (χ1) is 9.66. The first-order valence-corrected chi connectivity index (χ1v) is 8.47. The van der Waals surface area contributed by atoms with Crippen LogP contribution in [0.1, 0.15) is 82.9 Å². The van der Waals surface area contributed by atoms with E-state index in [9.17, 15) is 0 Å². The van der Waals surface area contributed by atoms with Crippen LogP contribution in [0.5, 0.6) is 0 Å².